The van der Waals surface area contributed by atoms with Crippen LogP contribution in [0.25, 0.3) is 0 Å². The number of rotatable bonds is 2. The molecule has 0 aliphatic carbocycles. The number of nitrogens with zero attached hydrogens (tertiary/aromatic N) is 1. The van der Waals surface area contributed by atoms with Crippen LogP contribution in [-0.4, -0.2) is 40.3 Å². The Balaban J connectivity index is 2.96. The van der Waals surface area contributed by atoms with Gasteiger partial charge in [-0.3, -0.25) is 9.59 Å². The summed E-state index contributed by atoms with van der Waals surface area (Å²) in [6.45, 7) is 5.14. The lowest BCUT2D eigenvalue weighted by Crippen LogP contribution is -2.50. The minimum absolute atomic E-state index is 0.0763. The second-order valence-electron chi connectivity index (χ2n) is 4.84. The third kappa shape index (κ3) is 2.34. The van der Waals surface area contributed by atoms with E-state index in [0.717, 1.165) is 4.90 Å². The maximum absolute atomic E-state index is 11.4. The number of hydrogen-bond donors (Lipinski definition) is 1. The smallest absolute Gasteiger partial charge is 0.326 e. The highest BCUT2D eigenvalue weighted by Gasteiger charge is 2.43. The van der Waals surface area contributed by atoms with Crippen molar-refractivity contribution < 1.29 is 19.5 Å². The standard InChI is InChI=1S/C10H15NO4/c1-10(2,3)8(9(14)15)11-5-6(12)4-7(11)13/h8H,4-5H2,1-3H3,(H,14,15)/t8-/m1/s1. The molecule has 1 rings (SSSR count). The molecular weight excluding hydrogens is 198 g/mol. The first-order valence-electron chi connectivity index (χ1n) is 4.77. The first-order chi connectivity index (χ1) is 6.73. The van der Waals surface area contributed by atoms with Crippen LogP contribution in [0.5, 0.6) is 0 Å². The lowest BCUT2D eigenvalue weighted by atomic mass is 9.86. The molecule has 0 spiro atoms. The van der Waals surface area contributed by atoms with Crippen molar-refractivity contribution in [2.75, 3.05) is 6.54 Å². The molecule has 0 saturated carbocycles. The van der Waals surface area contributed by atoms with Gasteiger partial charge in [0.2, 0.25) is 5.91 Å². The van der Waals surface area contributed by atoms with Gasteiger partial charge in [0.1, 0.15) is 6.04 Å². The summed E-state index contributed by atoms with van der Waals surface area (Å²) in [5.74, 6) is -1.66. The third-order valence-corrected chi connectivity index (χ3v) is 2.38. The molecule has 1 amide bonds. The van der Waals surface area contributed by atoms with E-state index < -0.39 is 17.4 Å². The van der Waals surface area contributed by atoms with Crippen molar-refractivity contribution >= 4 is 17.7 Å². The van der Waals surface area contributed by atoms with Gasteiger partial charge >= 0.3 is 5.97 Å². The molecule has 0 radical (unpaired) electrons. The van der Waals surface area contributed by atoms with Gasteiger partial charge < -0.3 is 10.0 Å². The van der Waals surface area contributed by atoms with Crippen molar-refractivity contribution in [2.45, 2.75) is 33.2 Å². The molecule has 1 aliphatic heterocycles. The number of Topliss-reactive ketones (excluding diaryl/α,β-unsaturated/α-hetero) is 1. The van der Waals surface area contributed by atoms with Crippen LogP contribution in [0.1, 0.15) is 27.2 Å². The summed E-state index contributed by atoms with van der Waals surface area (Å²) < 4.78 is 0. The van der Waals surface area contributed by atoms with Gasteiger partial charge in [-0.2, -0.15) is 0 Å². The van der Waals surface area contributed by atoms with E-state index in [0.29, 0.717) is 0 Å². The van der Waals surface area contributed by atoms with E-state index in [9.17, 15) is 14.4 Å². The van der Waals surface area contributed by atoms with Crippen LogP contribution < -0.4 is 0 Å². The molecule has 1 atom stereocenters. The quantitative estimate of drug-likeness (QED) is 0.669. The zero-order valence-electron chi connectivity index (χ0n) is 9.11. The van der Waals surface area contributed by atoms with Gasteiger partial charge in [0.25, 0.3) is 0 Å². The Hall–Kier alpha value is -1.39. The summed E-state index contributed by atoms with van der Waals surface area (Å²) in [5, 5.41) is 9.07. The summed E-state index contributed by atoms with van der Waals surface area (Å²) in [6.07, 6.45) is -0.167. The number of amides is 1. The number of carboxylic acid groups (broad SMARTS) is 1. The SMILES string of the molecule is CC(C)(C)[C@@H](C(=O)O)N1CC(=O)CC1=O. The number of hydrogen-bond acceptors (Lipinski definition) is 3. The maximum Gasteiger partial charge on any atom is 0.326 e. The number of ketones is 1. The molecule has 84 valence electrons. The summed E-state index contributed by atoms with van der Waals surface area (Å²) in [4.78, 5) is 34.7. The molecule has 1 N–H and O–H groups in total. The molecule has 0 aromatic heterocycles. The molecule has 5 nitrogen and oxygen atoms in total. The summed E-state index contributed by atoms with van der Waals surface area (Å²) in [5.41, 5.74) is -0.577. The van der Waals surface area contributed by atoms with Crippen LogP contribution in [-0.2, 0) is 14.4 Å². The van der Waals surface area contributed by atoms with Crippen LogP contribution >= 0.6 is 0 Å². The van der Waals surface area contributed by atoms with Crippen LogP contribution in [0, 0.1) is 5.41 Å². The van der Waals surface area contributed by atoms with Crippen molar-refractivity contribution in [1.29, 1.82) is 0 Å². The van der Waals surface area contributed by atoms with E-state index in [-0.39, 0.29) is 24.7 Å². The van der Waals surface area contributed by atoms with E-state index >= 15 is 0 Å². The highest BCUT2D eigenvalue weighted by molar-refractivity contribution is 6.06. The number of likely N-dealkylation sites (tertiary alicyclic amines) is 1. The number of carbonyl (C=O) groups is 3. The van der Waals surface area contributed by atoms with Gasteiger partial charge in [0.15, 0.2) is 5.78 Å². The predicted molar refractivity (Wildman–Crippen MR) is 52.2 cm³/mol. The number of carboxylic acids is 1. The largest absolute Gasteiger partial charge is 0.480 e. The fourth-order valence-corrected chi connectivity index (χ4v) is 1.81. The molecule has 1 fully saturated rings. The Morgan fingerprint density at radius 1 is 1.40 bits per heavy atom. The lowest BCUT2D eigenvalue weighted by Gasteiger charge is -2.33. The average Bonchev–Trinajstić information content (AvgIpc) is 2.26. The van der Waals surface area contributed by atoms with Crippen molar-refractivity contribution in [3.63, 3.8) is 0 Å². The van der Waals surface area contributed by atoms with Gasteiger partial charge in [0, 0.05) is 0 Å². The monoisotopic (exact) mass is 213 g/mol. The third-order valence-electron chi connectivity index (χ3n) is 2.38. The van der Waals surface area contributed by atoms with E-state index in [1.807, 2.05) is 0 Å². The molecule has 0 unspecified atom stereocenters. The van der Waals surface area contributed by atoms with Crippen LogP contribution in [0.4, 0.5) is 0 Å². The zero-order valence-corrected chi connectivity index (χ0v) is 9.11. The fraction of sp³-hybridized carbons (Fsp3) is 0.700. The molecule has 1 aliphatic rings. The lowest BCUT2D eigenvalue weighted by molar-refractivity contribution is -0.153. The summed E-state index contributed by atoms with van der Waals surface area (Å²) >= 11 is 0. The van der Waals surface area contributed by atoms with Crippen molar-refractivity contribution in [2.24, 2.45) is 5.41 Å². The molecular formula is C10H15NO4. The number of carbonyl (C=O) groups excluding carboxylic acids is 2. The fourth-order valence-electron chi connectivity index (χ4n) is 1.81. The Morgan fingerprint density at radius 2 is 1.93 bits per heavy atom. The van der Waals surface area contributed by atoms with Gasteiger partial charge in [-0.25, -0.2) is 4.79 Å². The van der Waals surface area contributed by atoms with E-state index in [2.05, 4.69) is 0 Å². The first-order valence-corrected chi connectivity index (χ1v) is 4.77. The normalized spacial score (nSPS) is 19.5. The average molecular weight is 213 g/mol. The molecule has 0 aromatic rings. The Morgan fingerprint density at radius 3 is 2.20 bits per heavy atom. The zero-order chi connectivity index (χ0) is 11.8. The number of aliphatic carboxylic acids is 1. The second kappa shape index (κ2) is 3.64. The van der Waals surface area contributed by atoms with E-state index in [1.54, 1.807) is 20.8 Å². The van der Waals surface area contributed by atoms with E-state index in [4.69, 9.17) is 5.11 Å². The summed E-state index contributed by atoms with van der Waals surface area (Å²) in [6, 6.07) is -0.934. The van der Waals surface area contributed by atoms with E-state index in [1.165, 1.54) is 0 Å². The van der Waals surface area contributed by atoms with Gasteiger partial charge in [-0.15, -0.1) is 0 Å². The minimum atomic E-state index is -1.06. The van der Waals surface area contributed by atoms with Gasteiger partial charge in [0.05, 0.1) is 13.0 Å². The Labute approximate surface area is 88.1 Å². The maximum atomic E-state index is 11.4. The Kier molecular flexibility index (Phi) is 2.83. The van der Waals surface area contributed by atoms with Crippen LogP contribution in [0.15, 0.2) is 0 Å². The molecule has 0 aromatic carbocycles. The van der Waals surface area contributed by atoms with Gasteiger partial charge in [-0.1, -0.05) is 20.8 Å². The Bertz CT molecular complexity index is 316. The highest BCUT2D eigenvalue weighted by atomic mass is 16.4. The van der Waals surface area contributed by atoms with Gasteiger partial charge in [-0.05, 0) is 5.41 Å². The highest BCUT2D eigenvalue weighted by Crippen LogP contribution is 2.27. The molecule has 1 saturated heterocycles. The molecule has 1 heterocycles. The molecule has 0 bridgehead atoms. The van der Waals surface area contributed by atoms with Crippen molar-refractivity contribution in [1.82, 2.24) is 4.90 Å². The molecule has 5 heteroatoms. The van der Waals surface area contributed by atoms with Crippen molar-refractivity contribution in [3.05, 3.63) is 0 Å². The predicted octanol–water partition coefficient (Wildman–Crippen LogP) is 0.287. The van der Waals surface area contributed by atoms with Crippen molar-refractivity contribution in [3.8, 4) is 0 Å². The first kappa shape index (κ1) is 11.7. The molecule has 15 heavy (non-hydrogen) atoms. The summed E-state index contributed by atoms with van der Waals surface area (Å²) in [7, 11) is 0. The second-order valence-corrected chi connectivity index (χ2v) is 4.84. The van der Waals surface area contributed by atoms with Crippen LogP contribution in [0.3, 0.4) is 0 Å². The van der Waals surface area contributed by atoms with Crippen LogP contribution in [0.2, 0.25) is 0 Å². The minimum Gasteiger partial charge on any atom is -0.480 e. The topological polar surface area (TPSA) is 74.7 Å².